The van der Waals surface area contributed by atoms with Crippen molar-refractivity contribution < 1.29 is 13.9 Å². The summed E-state index contributed by atoms with van der Waals surface area (Å²) in [6.45, 7) is 0.991. The van der Waals surface area contributed by atoms with Gasteiger partial charge in [0.2, 0.25) is 5.91 Å². The molecule has 26 heavy (non-hydrogen) atoms. The lowest BCUT2D eigenvalue weighted by molar-refractivity contribution is -0.118. The van der Waals surface area contributed by atoms with Crippen molar-refractivity contribution in [2.24, 2.45) is 0 Å². The van der Waals surface area contributed by atoms with Gasteiger partial charge in [-0.15, -0.1) is 11.8 Å². The lowest BCUT2D eigenvalue weighted by Gasteiger charge is -2.09. The number of para-hydroxylation sites is 1. The van der Waals surface area contributed by atoms with Crippen LogP contribution >= 0.6 is 11.8 Å². The summed E-state index contributed by atoms with van der Waals surface area (Å²) in [5.41, 5.74) is 0.834. The Morgan fingerprint density at radius 1 is 1.12 bits per heavy atom. The number of fused-ring (bicyclic) bond motifs is 1. The van der Waals surface area contributed by atoms with E-state index in [0.29, 0.717) is 24.5 Å². The van der Waals surface area contributed by atoms with Crippen molar-refractivity contribution >= 4 is 28.6 Å². The van der Waals surface area contributed by atoms with Gasteiger partial charge in [-0.2, -0.15) is 0 Å². The molecule has 4 nitrogen and oxygen atoms in total. The first-order valence-electron chi connectivity index (χ1n) is 8.34. The van der Waals surface area contributed by atoms with Gasteiger partial charge in [-0.25, -0.2) is 4.39 Å². The number of hydrogen-bond acceptors (Lipinski definition) is 4. The molecule has 0 radical (unpaired) electrons. The highest BCUT2D eigenvalue weighted by Crippen LogP contribution is 2.23. The van der Waals surface area contributed by atoms with Crippen molar-refractivity contribution in [1.82, 2.24) is 10.3 Å². The number of benzene rings is 2. The highest BCUT2D eigenvalue weighted by atomic mass is 32.2. The van der Waals surface area contributed by atoms with Gasteiger partial charge in [-0.3, -0.25) is 9.78 Å². The van der Waals surface area contributed by atoms with Crippen LogP contribution in [0.4, 0.5) is 4.39 Å². The molecule has 3 aromatic rings. The molecular weight excluding hydrogens is 351 g/mol. The number of ether oxygens (including phenoxy) is 1. The van der Waals surface area contributed by atoms with Gasteiger partial charge in [0.15, 0.2) is 0 Å². The first kappa shape index (κ1) is 18.2. The van der Waals surface area contributed by atoms with Crippen LogP contribution in [-0.4, -0.2) is 29.8 Å². The van der Waals surface area contributed by atoms with Crippen molar-refractivity contribution in [1.29, 1.82) is 0 Å². The standard InChI is InChI=1S/C20H19FN2O2S/c21-16-8-1-2-10-18(16)26-14-19(24)22-12-5-13-25-17-9-3-6-15-7-4-11-23-20(15)17/h1-4,6-11H,5,12-14H2,(H,22,24). The average Bonchev–Trinajstić information content (AvgIpc) is 2.67. The fourth-order valence-corrected chi connectivity index (χ4v) is 3.20. The molecule has 2 aromatic carbocycles. The molecule has 0 aliphatic rings. The van der Waals surface area contributed by atoms with Gasteiger partial charge >= 0.3 is 0 Å². The number of nitrogens with one attached hydrogen (secondary N) is 1. The summed E-state index contributed by atoms with van der Waals surface area (Å²) >= 11 is 1.19. The van der Waals surface area contributed by atoms with Gasteiger partial charge in [0.05, 0.1) is 12.4 Å². The summed E-state index contributed by atoms with van der Waals surface area (Å²) < 4.78 is 19.3. The molecule has 0 spiro atoms. The molecule has 6 heteroatoms. The Morgan fingerprint density at radius 2 is 1.96 bits per heavy atom. The quantitative estimate of drug-likeness (QED) is 0.480. The maximum Gasteiger partial charge on any atom is 0.230 e. The normalized spacial score (nSPS) is 10.7. The molecule has 1 amide bonds. The molecule has 1 aromatic heterocycles. The van der Waals surface area contributed by atoms with Gasteiger partial charge in [-0.1, -0.05) is 30.3 Å². The van der Waals surface area contributed by atoms with E-state index in [1.807, 2.05) is 30.3 Å². The van der Waals surface area contributed by atoms with Gasteiger partial charge < -0.3 is 10.1 Å². The number of pyridine rings is 1. The predicted octanol–water partition coefficient (Wildman–Crippen LogP) is 4.05. The minimum Gasteiger partial charge on any atom is -0.491 e. The van der Waals surface area contributed by atoms with E-state index in [-0.39, 0.29) is 17.5 Å². The van der Waals surface area contributed by atoms with E-state index in [2.05, 4.69) is 10.3 Å². The number of thioether (sulfide) groups is 1. The molecule has 0 atom stereocenters. The third-order valence-electron chi connectivity index (χ3n) is 3.69. The first-order valence-corrected chi connectivity index (χ1v) is 9.33. The number of hydrogen-bond donors (Lipinski definition) is 1. The topological polar surface area (TPSA) is 51.2 Å². The summed E-state index contributed by atoms with van der Waals surface area (Å²) in [7, 11) is 0. The Balaban J connectivity index is 1.37. The van der Waals surface area contributed by atoms with E-state index in [9.17, 15) is 9.18 Å². The van der Waals surface area contributed by atoms with Crippen LogP contribution in [0.5, 0.6) is 5.75 Å². The molecule has 0 saturated carbocycles. The van der Waals surface area contributed by atoms with E-state index >= 15 is 0 Å². The molecule has 1 N–H and O–H groups in total. The second kappa shape index (κ2) is 9.20. The van der Waals surface area contributed by atoms with Crippen LogP contribution in [-0.2, 0) is 4.79 Å². The van der Waals surface area contributed by atoms with Crippen LogP contribution in [0.2, 0.25) is 0 Å². The van der Waals surface area contributed by atoms with E-state index in [4.69, 9.17) is 4.74 Å². The van der Waals surface area contributed by atoms with E-state index < -0.39 is 0 Å². The zero-order valence-electron chi connectivity index (χ0n) is 14.2. The molecule has 0 aliphatic heterocycles. The summed E-state index contributed by atoms with van der Waals surface area (Å²) in [5.74, 6) is 0.506. The maximum absolute atomic E-state index is 13.5. The monoisotopic (exact) mass is 370 g/mol. The highest BCUT2D eigenvalue weighted by molar-refractivity contribution is 8.00. The molecule has 0 fully saturated rings. The largest absolute Gasteiger partial charge is 0.491 e. The van der Waals surface area contributed by atoms with Crippen molar-refractivity contribution in [2.75, 3.05) is 18.9 Å². The van der Waals surface area contributed by atoms with Gasteiger partial charge in [0.25, 0.3) is 0 Å². The Labute approximate surface area is 155 Å². The number of amides is 1. The Kier molecular flexibility index (Phi) is 6.44. The number of rotatable bonds is 8. The van der Waals surface area contributed by atoms with Crippen molar-refractivity contribution in [3.05, 3.63) is 66.6 Å². The summed E-state index contributed by atoms with van der Waals surface area (Å²) in [5, 5.41) is 3.85. The van der Waals surface area contributed by atoms with Gasteiger partial charge in [-0.05, 0) is 30.7 Å². The zero-order chi connectivity index (χ0) is 18.2. The number of carbonyl (C=O) groups is 1. The maximum atomic E-state index is 13.5. The Hall–Kier alpha value is -2.60. The van der Waals surface area contributed by atoms with Crippen LogP contribution in [0.1, 0.15) is 6.42 Å². The molecule has 1 heterocycles. The van der Waals surface area contributed by atoms with E-state index in [1.54, 1.807) is 24.4 Å². The van der Waals surface area contributed by atoms with Crippen molar-refractivity contribution in [2.45, 2.75) is 11.3 Å². The molecule has 0 bridgehead atoms. The fraction of sp³-hybridized carbons (Fsp3) is 0.200. The Bertz CT molecular complexity index is 883. The second-order valence-corrected chi connectivity index (χ2v) is 6.62. The van der Waals surface area contributed by atoms with Crippen molar-refractivity contribution in [3.63, 3.8) is 0 Å². The number of halogens is 1. The third-order valence-corrected chi connectivity index (χ3v) is 4.74. The van der Waals surface area contributed by atoms with E-state index in [0.717, 1.165) is 16.7 Å². The van der Waals surface area contributed by atoms with Crippen molar-refractivity contribution in [3.8, 4) is 5.75 Å². The van der Waals surface area contributed by atoms with Crippen LogP contribution < -0.4 is 10.1 Å². The summed E-state index contributed by atoms with van der Waals surface area (Å²) in [6.07, 6.45) is 2.42. The fourth-order valence-electron chi connectivity index (χ4n) is 2.43. The number of nitrogens with zero attached hydrogens (tertiary/aromatic N) is 1. The second-order valence-electron chi connectivity index (χ2n) is 5.60. The first-order chi connectivity index (χ1) is 12.7. The minimum absolute atomic E-state index is 0.120. The lowest BCUT2D eigenvalue weighted by Crippen LogP contribution is -2.27. The number of carbonyl (C=O) groups excluding carboxylic acids is 1. The smallest absolute Gasteiger partial charge is 0.230 e. The van der Waals surface area contributed by atoms with E-state index in [1.165, 1.54) is 17.8 Å². The van der Waals surface area contributed by atoms with Crippen LogP contribution in [0.25, 0.3) is 10.9 Å². The molecule has 0 unspecified atom stereocenters. The number of aromatic nitrogens is 1. The van der Waals surface area contributed by atoms with Gasteiger partial charge in [0.1, 0.15) is 17.1 Å². The van der Waals surface area contributed by atoms with Crippen LogP contribution in [0.3, 0.4) is 0 Å². The predicted molar refractivity (Wildman–Crippen MR) is 102 cm³/mol. The molecule has 134 valence electrons. The van der Waals surface area contributed by atoms with Crippen LogP contribution in [0, 0.1) is 5.82 Å². The molecule has 0 aliphatic carbocycles. The summed E-state index contributed by atoms with van der Waals surface area (Å²) in [4.78, 5) is 16.7. The molecule has 0 saturated heterocycles. The van der Waals surface area contributed by atoms with Gasteiger partial charge in [0, 0.05) is 23.0 Å². The average molecular weight is 370 g/mol. The Morgan fingerprint density at radius 3 is 2.85 bits per heavy atom. The highest BCUT2D eigenvalue weighted by Gasteiger charge is 2.06. The minimum atomic E-state index is -0.303. The SMILES string of the molecule is O=C(CSc1ccccc1F)NCCCOc1cccc2cccnc12. The van der Waals surface area contributed by atoms with Crippen LogP contribution in [0.15, 0.2) is 65.7 Å². The summed E-state index contributed by atoms with van der Waals surface area (Å²) in [6, 6.07) is 16.1. The third kappa shape index (κ3) is 4.95. The molecule has 3 rings (SSSR count). The lowest BCUT2D eigenvalue weighted by atomic mass is 10.2. The zero-order valence-corrected chi connectivity index (χ0v) is 15.0. The molecular formula is C20H19FN2O2S.